The van der Waals surface area contributed by atoms with Gasteiger partial charge in [0.2, 0.25) is 0 Å². The second kappa shape index (κ2) is 5.38. The van der Waals surface area contributed by atoms with Crippen molar-refractivity contribution in [1.29, 1.82) is 0 Å². The molecule has 7 heteroatoms. The van der Waals surface area contributed by atoms with E-state index in [9.17, 15) is 18.0 Å². The number of alkyl halides is 3. The molecule has 0 aromatic heterocycles. The third kappa shape index (κ3) is 3.77. The number of carbonyl (C=O) groups is 1. The second-order valence-electron chi connectivity index (χ2n) is 4.17. The molecule has 0 bridgehead atoms. The number of hydrogen-bond donors (Lipinski definition) is 1. The second-order valence-corrected chi connectivity index (χ2v) is 4.17. The van der Waals surface area contributed by atoms with Crippen LogP contribution in [0, 0.1) is 0 Å². The number of halogens is 3. The van der Waals surface area contributed by atoms with Crippen molar-refractivity contribution in [1.82, 2.24) is 4.90 Å². The van der Waals surface area contributed by atoms with E-state index in [0.717, 1.165) is 18.9 Å². The lowest BCUT2D eigenvalue weighted by Crippen LogP contribution is -2.32. The van der Waals surface area contributed by atoms with Gasteiger partial charge in [0.15, 0.2) is 5.75 Å². The van der Waals surface area contributed by atoms with E-state index >= 15 is 0 Å². The molecule has 104 valence electrons. The zero-order chi connectivity index (χ0) is 13.9. The Morgan fingerprint density at radius 1 is 1.21 bits per heavy atom. The average molecular weight is 274 g/mol. The maximum absolute atomic E-state index is 12.2. The molecule has 1 aliphatic heterocycles. The van der Waals surface area contributed by atoms with Gasteiger partial charge in [-0.1, -0.05) is 12.1 Å². The largest absolute Gasteiger partial charge is 0.573 e. The van der Waals surface area contributed by atoms with Gasteiger partial charge in [0.1, 0.15) is 0 Å². The fourth-order valence-electron chi connectivity index (χ4n) is 1.90. The number of hydrogen-bond acceptors (Lipinski definition) is 2. The summed E-state index contributed by atoms with van der Waals surface area (Å²) in [4.78, 5) is 13.4. The number of para-hydroxylation sites is 2. The number of likely N-dealkylation sites (tertiary alicyclic amines) is 1. The summed E-state index contributed by atoms with van der Waals surface area (Å²) >= 11 is 0. The predicted octanol–water partition coefficient (Wildman–Crippen LogP) is 3.21. The predicted molar refractivity (Wildman–Crippen MR) is 63.0 cm³/mol. The Morgan fingerprint density at radius 3 is 2.47 bits per heavy atom. The molecule has 2 amide bonds. The van der Waals surface area contributed by atoms with E-state index in [1.54, 1.807) is 4.90 Å². The molecule has 1 saturated heterocycles. The monoisotopic (exact) mass is 274 g/mol. The van der Waals surface area contributed by atoms with Crippen LogP contribution in [-0.2, 0) is 0 Å². The van der Waals surface area contributed by atoms with Crippen LogP contribution in [0.5, 0.6) is 5.75 Å². The summed E-state index contributed by atoms with van der Waals surface area (Å²) in [5.74, 6) is -0.414. The molecule has 0 saturated carbocycles. The van der Waals surface area contributed by atoms with Crippen LogP contribution in [0.4, 0.5) is 23.7 Å². The number of ether oxygens (including phenoxy) is 1. The Bertz CT molecular complexity index is 457. The zero-order valence-corrected chi connectivity index (χ0v) is 10.0. The quantitative estimate of drug-likeness (QED) is 0.899. The van der Waals surface area contributed by atoms with Gasteiger partial charge < -0.3 is 15.0 Å². The summed E-state index contributed by atoms with van der Waals surface area (Å²) in [5.41, 5.74) is 0.0109. The summed E-state index contributed by atoms with van der Waals surface area (Å²) in [7, 11) is 0. The van der Waals surface area contributed by atoms with Crippen LogP contribution in [0.1, 0.15) is 12.8 Å². The fourth-order valence-corrected chi connectivity index (χ4v) is 1.90. The third-order valence-electron chi connectivity index (χ3n) is 2.75. The molecule has 1 N–H and O–H groups in total. The smallest absolute Gasteiger partial charge is 0.404 e. The molecule has 1 aromatic rings. The van der Waals surface area contributed by atoms with E-state index in [0.29, 0.717) is 13.1 Å². The van der Waals surface area contributed by atoms with Crippen molar-refractivity contribution in [2.24, 2.45) is 0 Å². The molecule has 4 nitrogen and oxygen atoms in total. The molecule has 0 unspecified atom stereocenters. The van der Waals surface area contributed by atoms with Crippen molar-refractivity contribution >= 4 is 11.7 Å². The number of amides is 2. The first-order valence-electron chi connectivity index (χ1n) is 5.86. The first-order valence-corrected chi connectivity index (χ1v) is 5.86. The minimum absolute atomic E-state index is 0.0109. The van der Waals surface area contributed by atoms with Crippen molar-refractivity contribution in [2.75, 3.05) is 18.4 Å². The maximum atomic E-state index is 12.2. The topological polar surface area (TPSA) is 41.6 Å². The number of nitrogens with one attached hydrogen (secondary N) is 1. The summed E-state index contributed by atoms with van der Waals surface area (Å²) in [6, 6.07) is 5.06. The van der Waals surface area contributed by atoms with Crippen molar-refractivity contribution in [3.05, 3.63) is 24.3 Å². The molecule has 1 aliphatic rings. The molecular weight excluding hydrogens is 261 g/mol. The Kier molecular flexibility index (Phi) is 3.82. The summed E-state index contributed by atoms with van der Waals surface area (Å²) < 4.78 is 40.5. The normalized spacial score (nSPS) is 15.4. The van der Waals surface area contributed by atoms with Crippen molar-refractivity contribution in [3.63, 3.8) is 0 Å². The Balaban J connectivity index is 2.09. The van der Waals surface area contributed by atoms with E-state index in [2.05, 4.69) is 10.1 Å². The molecule has 1 aromatic carbocycles. The molecule has 1 fully saturated rings. The summed E-state index contributed by atoms with van der Waals surface area (Å²) in [5, 5.41) is 2.44. The number of nitrogens with zero attached hydrogens (tertiary/aromatic N) is 1. The van der Waals surface area contributed by atoms with Gasteiger partial charge in [-0.3, -0.25) is 0 Å². The molecule has 1 heterocycles. The minimum Gasteiger partial charge on any atom is -0.404 e. The van der Waals surface area contributed by atoms with Crippen molar-refractivity contribution < 1.29 is 22.7 Å². The van der Waals surface area contributed by atoms with Crippen LogP contribution in [0.15, 0.2) is 24.3 Å². The van der Waals surface area contributed by atoms with E-state index < -0.39 is 18.1 Å². The summed E-state index contributed by atoms with van der Waals surface area (Å²) in [6.07, 6.45) is -2.96. The minimum atomic E-state index is -4.78. The highest BCUT2D eigenvalue weighted by Crippen LogP contribution is 2.30. The lowest BCUT2D eigenvalue weighted by molar-refractivity contribution is -0.274. The van der Waals surface area contributed by atoms with Crippen molar-refractivity contribution in [2.45, 2.75) is 19.2 Å². The molecular formula is C12H13F3N2O2. The standard InChI is InChI=1S/C12H13F3N2O2/c13-12(14,15)19-10-6-2-1-5-9(10)16-11(18)17-7-3-4-8-17/h1-2,5-6H,3-4,7-8H2,(H,16,18). The van der Waals surface area contributed by atoms with Crippen LogP contribution in [0.25, 0.3) is 0 Å². The maximum Gasteiger partial charge on any atom is 0.573 e. The van der Waals surface area contributed by atoms with Gasteiger partial charge in [-0.2, -0.15) is 0 Å². The lowest BCUT2D eigenvalue weighted by atomic mass is 10.3. The Labute approximate surface area is 108 Å². The van der Waals surface area contributed by atoms with Gasteiger partial charge in [0.25, 0.3) is 0 Å². The van der Waals surface area contributed by atoms with Gasteiger partial charge in [-0.25, -0.2) is 4.79 Å². The molecule has 0 aliphatic carbocycles. The molecule has 0 atom stereocenters. The first-order chi connectivity index (χ1) is 8.96. The van der Waals surface area contributed by atoms with E-state index in [4.69, 9.17) is 0 Å². The van der Waals surface area contributed by atoms with Crippen LogP contribution in [0.3, 0.4) is 0 Å². The Hall–Kier alpha value is -1.92. The highest BCUT2D eigenvalue weighted by atomic mass is 19.4. The molecule has 0 spiro atoms. The molecule has 2 rings (SSSR count). The fraction of sp³-hybridized carbons (Fsp3) is 0.417. The molecule has 19 heavy (non-hydrogen) atoms. The van der Waals surface area contributed by atoms with Gasteiger partial charge in [0.05, 0.1) is 5.69 Å². The van der Waals surface area contributed by atoms with E-state index in [1.807, 2.05) is 0 Å². The number of carbonyl (C=O) groups excluding carboxylic acids is 1. The van der Waals surface area contributed by atoms with Crippen LogP contribution >= 0.6 is 0 Å². The summed E-state index contributed by atoms with van der Waals surface area (Å²) in [6.45, 7) is 1.24. The number of anilines is 1. The third-order valence-corrected chi connectivity index (χ3v) is 2.75. The highest BCUT2D eigenvalue weighted by molar-refractivity contribution is 5.91. The number of benzene rings is 1. The van der Waals surface area contributed by atoms with Crippen LogP contribution in [-0.4, -0.2) is 30.4 Å². The van der Waals surface area contributed by atoms with Gasteiger partial charge in [0, 0.05) is 13.1 Å². The average Bonchev–Trinajstić information content (AvgIpc) is 2.83. The van der Waals surface area contributed by atoms with E-state index in [-0.39, 0.29) is 5.69 Å². The van der Waals surface area contributed by atoms with Gasteiger partial charge >= 0.3 is 12.4 Å². The first kappa shape index (κ1) is 13.5. The lowest BCUT2D eigenvalue weighted by Gasteiger charge is -2.18. The van der Waals surface area contributed by atoms with E-state index in [1.165, 1.54) is 18.2 Å². The van der Waals surface area contributed by atoms with Gasteiger partial charge in [-0.15, -0.1) is 13.2 Å². The highest BCUT2D eigenvalue weighted by Gasteiger charge is 2.32. The number of rotatable bonds is 2. The number of urea groups is 1. The van der Waals surface area contributed by atoms with Crippen LogP contribution < -0.4 is 10.1 Å². The zero-order valence-electron chi connectivity index (χ0n) is 10.0. The Morgan fingerprint density at radius 2 is 1.84 bits per heavy atom. The molecule has 0 radical (unpaired) electrons. The SMILES string of the molecule is O=C(Nc1ccccc1OC(F)(F)F)N1CCCC1. The van der Waals surface area contributed by atoms with Crippen molar-refractivity contribution in [3.8, 4) is 5.75 Å². The van der Waals surface area contributed by atoms with Gasteiger partial charge in [-0.05, 0) is 25.0 Å². The van der Waals surface area contributed by atoms with Crippen LogP contribution in [0.2, 0.25) is 0 Å².